The van der Waals surface area contributed by atoms with Crippen molar-refractivity contribution in [3.63, 3.8) is 0 Å². The number of nitrogens with one attached hydrogen (secondary N) is 1. The topological polar surface area (TPSA) is 92.5 Å². The van der Waals surface area contributed by atoms with Crippen LogP contribution in [0.4, 0.5) is 4.39 Å². The largest absolute Gasteiger partial charge is 0.355 e. The summed E-state index contributed by atoms with van der Waals surface area (Å²) in [5.74, 6) is -0.927. The summed E-state index contributed by atoms with van der Waals surface area (Å²) >= 11 is 0. The smallest absolute Gasteiger partial charge is 0.248 e. The average molecular weight is 450 g/mol. The Kier molecular flexibility index (Phi) is 7.27. The predicted octanol–water partition coefficient (Wildman–Crippen LogP) is 3.61. The molecule has 1 aliphatic rings. The number of carbonyl (C=O) groups is 1. The number of aryl methyl sites for hydroxylation is 1. The van der Waals surface area contributed by atoms with Crippen molar-refractivity contribution in [1.29, 1.82) is 0 Å². The average Bonchev–Trinajstić information content (AvgIpc) is 3.14. The van der Waals surface area contributed by atoms with Gasteiger partial charge in [-0.3, -0.25) is 4.79 Å². The maximum Gasteiger partial charge on any atom is 0.248 e. The summed E-state index contributed by atoms with van der Waals surface area (Å²) in [6, 6.07) is 6.20. The zero-order valence-corrected chi connectivity index (χ0v) is 18.8. The van der Waals surface area contributed by atoms with Gasteiger partial charge in [0.2, 0.25) is 15.9 Å². The van der Waals surface area contributed by atoms with Crippen molar-refractivity contribution in [1.82, 2.24) is 14.8 Å². The summed E-state index contributed by atoms with van der Waals surface area (Å²) in [7, 11) is -3.94. The molecule has 2 aromatic rings. The van der Waals surface area contributed by atoms with E-state index in [2.05, 4.69) is 10.5 Å². The molecule has 2 atom stereocenters. The molecular formula is C22H28FN3O4S. The number of hydrogen-bond acceptors (Lipinski definition) is 5. The number of rotatable bonds is 7. The quantitative estimate of drug-likeness (QED) is 0.697. The SMILES string of the molecule is CC[C@H](C)NC(=O)[C@H]1CCCN(S(=O)(=O)c2c(C)noc2/C=C/c2ccccc2F)C1. The van der Waals surface area contributed by atoms with E-state index in [-0.39, 0.29) is 34.8 Å². The first-order valence-electron chi connectivity index (χ1n) is 10.4. The summed E-state index contributed by atoms with van der Waals surface area (Å²) in [6.45, 7) is 5.87. The van der Waals surface area contributed by atoms with E-state index in [4.69, 9.17) is 4.52 Å². The molecule has 0 spiro atoms. The molecule has 7 nitrogen and oxygen atoms in total. The summed E-state index contributed by atoms with van der Waals surface area (Å²) in [5, 5.41) is 6.75. The summed E-state index contributed by atoms with van der Waals surface area (Å²) < 4.78 is 47.2. The second-order valence-electron chi connectivity index (χ2n) is 7.84. The minimum absolute atomic E-state index is 0.0342. The first kappa shape index (κ1) is 23.1. The highest BCUT2D eigenvalue weighted by Gasteiger charge is 2.37. The van der Waals surface area contributed by atoms with Crippen molar-refractivity contribution in [3.8, 4) is 0 Å². The van der Waals surface area contributed by atoms with Gasteiger partial charge in [0.1, 0.15) is 11.5 Å². The minimum atomic E-state index is -3.94. The van der Waals surface area contributed by atoms with Gasteiger partial charge < -0.3 is 9.84 Å². The second-order valence-corrected chi connectivity index (χ2v) is 9.71. The number of halogens is 1. The molecule has 168 valence electrons. The van der Waals surface area contributed by atoms with Gasteiger partial charge in [-0.05, 0) is 51.3 Å². The van der Waals surface area contributed by atoms with Crippen LogP contribution in [0.3, 0.4) is 0 Å². The normalized spacial score (nSPS) is 18.9. The number of benzene rings is 1. The molecule has 1 N–H and O–H groups in total. The lowest BCUT2D eigenvalue weighted by molar-refractivity contribution is -0.126. The third kappa shape index (κ3) is 5.22. The van der Waals surface area contributed by atoms with E-state index < -0.39 is 21.8 Å². The highest BCUT2D eigenvalue weighted by atomic mass is 32.2. The molecule has 1 aromatic carbocycles. The van der Waals surface area contributed by atoms with Gasteiger partial charge in [0, 0.05) is 24.7 Å². The molecule has 0 bridgehead atoms. The standard InChI is InChI=1S/C22H28FN3O4S/c1-4-15(2)24-22(27)18-9-7-13-26(14-18)31(28,29)21-16(3)25-30-20(21)12-11-17-8-5-6-10-19(17)23/h5-6,8,10-12,15,18H,4,7,9,13-14H2,1-3H3,(H,24,27)/b12-11+/t15-,18-/m0/s1. The molecule has 1 aliphatic heterocycles. The Hall–Kier alpha value is -2.52. The molecule has 0 unspecified atom stereocenters. The van der Waals surface area contributed by atoms with E-state index >= 15 is 0 Å². The number of sulfonamides is 1. The zero-order valence-electron chi connectivity index (χ0n) is 18.0. The van der Waals surface area contributed by atoms with E-state index in [1.165, 1.54) is 22.5 Å². The minimum Gasteiger partial charge on any atom is -0.355 e. The van der Waals surface area contributed by atoms with E-state index in [9.17, 15) is 17.6 Å². The van der Waals surface area contributed by atoms with Crippen LogP contribution < -0.4 is 5.32 Å². The molecule has 3 rings (SSSR count). The van der Waals surface area contributed by atoms with Crippen molar-refractivity contribution >= 4 is 28.1 Å². The molecule has 1 saturated heterocycles. The molecule has 9 heteroatoms. The van der Waals surface area contributed by atoms with Crippen LogP contribution in [0.1, 0.15) is 50.1 Å². The lowest BCUT2D eigenvalue weighted by Crippen LogP contribution is -2.47. The van der Waals surface area contributed by atoms with Crippen LogP contribution in [-0.4, -0.2) is 42.9 Å². The van der Waals surface area contributed by atoms with Crippen LogP contribution in [0.15, 0.2) is 33.7 Å². The molecule has 2 heterocycles. The number of amides is 1. The van der Waals surface area contributed by atoms with Crippen LogP contribution in [0.2, 0.25) is 0 Å². The van der Waals surface area contributed by atoms with Crippen LogP contribution in [0, 0.1) is 18.7 Å². The zero-order chi connectivity index (χ0) is 22.6. The van der Waals surface area contributed by atoms with E-state index in [0.29, 0.717) is 24.9 Å². The van der Waals surface area contributed by atoms with Crippen LogP contribution >= 0.6 is 0 Å². The molecule has 31 heavy (non-hydrogen) atoms. The lowest BCUT2D eigenvalue weighted by Gasteiger charge is -2.31. The predicted molar refractivity (Wildman–Crippen MR) is 116 cm³/mol. The number of hydrogen-bond donors (Lipinski definition) is 1. The Morgan fingerprint density at radius 3 is 2.84 bits per heavy atom. The van der Waals surface area contributed by atoms with Crippen LogP contribution in [0.5, 0.6) is 0 Å². The Morgan fingerprint density at radius 1 is 1.39 bits per heavy atom. The molecule has 0 radical (unpaired) electrons. The first-order valence-corrected chi connectivity index (χ1v) is 11.9. The fourth-order valence-corrected chi connectivity index (χ4v) is 5.32. The Bertz CT molecular complexity index is 1060. The highest BCUT2D eigenvalue weighted by molar-refractivity contribution is 7.89. The van der Waals surface area contributed by atoms with Gasteiger partial charge in [0.15, 0.2) is 10.7 Å². The van der Waals surface area contributed by atoms with Gasteiger partial charge in [-0.25, -0.2) is 12.8 Å². The van der Waals surface area contributed by atoms with Crippen molar-refractivity contribution < 1.29 is 22.1 Å². The monoisotopic (exact) mass is 449 g/mol. The summed E-state index contributed by atoms with van der Waals surface area (Å²) in [5.41, 5.74) is 0.527. The van der Waals surface area contributed by atoms with Crippen molar-refractivity contribution in [2.45, 2.75) is 51.0 Å². The van der Waals surface area contributed by atoms with Gasteiger partial charge in [-0.15, -0.1) is 0 Å². The molecule has 1 fully saturated rings. The fraction of sp³-hybridized carbons (Fsp3) is 0.455. The van der Waals surface area contributed by atoms with E-state index in [0.717, 1.165) is 6.42 Å². The van der Waals surface area contributed by atoms with Crippen LogP contribution in [0.25, 0.3) is 12.2 Å². The number of nitrogens with zero attached hydrogens (tertiary/aromatic N) is 2. The maximum atomic E-state index is 13.9. The van der Waals surface area contributed by atoms with Gasteiger partial charge in [0.25, 0.3) is 0 Å². The number of piperidine rings is 1. The summed E-state index contributed by atoms with van der Waals surface area (Å²) in [6.07, 6.45) is 4.88. The highest BCUT2D eigenvalue weighted by Crippen LogP contribution is 2.29. The molecule has 1 amide bonds. The molecule has 0 aliphatic carbocycles. The third-order valence-electron chi connectivity index (χ3n) is 5.51. The van der Waals surface area contributed by atoms with E-state index in [1.54, 1.807) is 25.1 Å². The lowest BCUT2D eigenvalue weighted by atomic mass is 9.98. The van der Waals surface area contributed by atoms with Gasteiger partial charge in [-0.1, -0.05) is 30.3 Å². The van der Waals surface area contributed by atoms with Crippen LogP contribution in [-0.2, 0) is 14.8 Å². The molecular weight excluding hydrogens is 421 g/mol. The van der Waals surface area contributed by atoms with Gasteiger partial charge in [0.05, 0.1) is 5.92 Å². The molecule has 1 aromatic heterocycles. The van der Waals surface area contributed by atoms with Gasteiger partial charge in [-0.2, -0.15) is 4.31 Å². The number of aromatic nitrogens is 1. The first-order chi connectivity index (χ1) is 14.7. The van der Waals surface area contributed by atoms with E-state index in [1.807, 2.05) is 13.8 Å². The number of carbonyl (C=O) groups excluding carboxylic acids is 1. The third-order valence-corrected chi connectivity index (χ3v) is 7.53. The second kappa shape index (κ2) is 9.74. The maximum absolute atomic E-state index is 13.9. The van der Waals surface area contributed by atoms with Crippen molar-refractivity contribution in [2.24, 2.45) is 5.92 Å². The Morgan fingerprint density at radius 2 is 2.13 bits per heavy atom. The van der Waals surface area contributed by atoms with Crippen molar-refractivity contribution in [2.75, 3.05) is 13.1 Å². The molecule has 0 saturated carbocycles. The Balaban J connectivity index is 1.84. The Labute approximate surface area is 182 Å². The summed E-state index contributed by atoms with van der Waals surface area (Å²) in [4.78, 5) is 12.5. The fourth-order valence-electron chi connectivity index (χ4n) is 3.54. The van der Waals surface area contributed by atoms with Gasteiger partial charge >= 0.3 is 0 Å². The van der Waals surface area contributed by atoms with Crippen molar-refractivity contribution in [3.05, 3.63) is 47.1 Å².